The molecule has 1 aliphatic carbocycles. The fourth-order valence-corrected chi connectivity index (χ4v) is 4.81. The van der Waals surface area contributed by atoms with Gasteiger partial charge in [0.1, 0.15) is 0 Å². The van der Waals surface area contributed by atoms with Crippen molar-refractivity contribution in [1.82, 2.24) is 24.2 Å². The zero-order valence-corrected chi connectivity index (χ0v) is 18.9. The number of carbonyl (C=O) groups is 1. The Hall–Kier alpha value is -1.78. The Morgan fingerprint density at radius 3 is 2.31 bits per heavy atom. The van der Waals surface area contributed by atoms with Gasteiger partial charge in [0, 0.05) is 36.6 Å². The average Bonchev–Trinajstić information content (AvgIpc) is 3.45. The zero-order chi connectivity index (χ0) is 20.8. The van der Waals surface area contributed by atoms with Gasteiger partial charge in [-0.25, -0.2) is 17.4 Å². The molecule has 1 aromatic carbocycles. The monoisotopic (exact) mass is 481 g/mol. The minimum atomic E-state index is -3.23. The summed E-state index contributed by atoms with van der Waals surface area (Å²) >= 11 is 3.44. The van der Waals surface area contributed by atoms with Gasteiger partial charge in [0.25, 0.3) is 5.91 Å². The maximum absolute atomic E-state index is 13.2. The number of sulfonamides is 1. The molecule has 29 heavy (non-hydrogen) atoms. The summed E-state index contributed by atoms with van der Waals surface area (Å²) in [4.78, 5) is 15.0. The van der Waals surface area contributed by atoms with Gasteiger partial charge in [-0.3, -0.25) is 4.79 Å². The minimum absolute atomic E-state index is 0.0737. The molecule has 4 rings (SSSR count). The molecule has 2 aliphatic rings. The van der Waals surface area contributed by atoms with Gasteiger partial charge in [-0.1, -0.05) is 21.1 Å². The largest absolute Gasteiger partial charge is 0.337 e. The molecule has 1 saturated heterocycles. The quantitative estimate of drug-likeness (QED) is 0.653. The summed E-state index contributed by atoms with van der Waals surface area (Å²) in [5.41, 5.74) is 2.19. The smallest absolute Gasteiger partial charge is 0.276 e. The van der Waals surface area contributed by atoms with E-state index in [1.54, 1.807) is 16.6 Å². The third-order valence-electron chi connectivity index (χ3n) is 5.73. The van der Waals surface area contributed by atoms with E-state index in [2.05, 4.69) is 26.2 Å². The highest BCUT2D eigenvalue weighted by Crippen LogP contribution is 2.42. The molecule has 0 spiro atoms. The van der Waals surface area contributed by atoms with E-state index in [9.17, 15) is 13.2 Å². The third-order valence-corrected chi connectivity index (χ3v) is 7.60. The van der Waals surface area contributed by atoms with Crippen molar-refractivity contribution in [3.05, 3.63) is 40.1 Å². The van der Waals surface area contributed by atoms with Gasteiger partial charge in [-0.15, -0.1) is 5.10 Å². The van der Waals surface area contributed by atoms with E-state index in [-0.39, 0.29) is 11.9 Å². The highest BCUT2D eigenvalue weighted by atomic mass is 79.9. The van der Waals surface area contributed by atoms with E-state index in [0.29, 0.717) is 37.5 Å². The van der Waals surface area contributed by atoms with Crippen molar-refractivity contribution in [2.45, 2.75) is 37.6 Å². The molecular formula is C19H24BrN5O3S. The minimum Gasteiger partial charge on any atom is -0.337 e. The van der Waals surface area contributed by atoms with Crippen molar-refractivity contribution in [3.63, 3.8) is 0 Å². The molecule has 8 nitrogen and oxygen atoms in total. The molecule has 1 saturated carbocycles. The molecule has 1 aliphatic heterocycles. The van der Waals surface area contributed by atoms with Gasteiger partial charge in [-0.2, -0.15) is 0 Å². The molecule has 2 fully saturated rings. The van der Waals surface area contributed by atoms with Crippen molar-refractivity contribution < 1.29 is 13.2 Å². The first-order chi connectivity index (χ1) is 13.8. The van der Waals surface area contributed by atoms with Gasteiger partial charge < -0.3 is 4.90 Å². The van der Waals surface area contributed by atoms with E-state index < -0.39 is 10.0 Å². The van der Waals surface area contributed by atoms with Crippen LogP contribution in [0.25, 0.3) is 5.69 Å². The number of carbonyl (C=O) groups excluding carboxylic acids is 1. The van der Waals surface area contributed by atoms with Gasteiger partial charge in [0.2, 0.25) is 10.0 Å². The fraction of sp³-hybridized carbons (Fsp3) is 0.526. The first-order valence-corrected chi connectivity index (χ1v) is 12.3. The highest BCUT2D eigenvalue weighted by Gasteiger charge is 2.37. The molecule has 0 radical (unpaired) electrons. The maximum Gasteiger partial charge on any atom is 0.276 e. The Labute approximate surface area is 179 Å². The van der Waals surface area contributed by atoms with Crippen molar-refractivity contribution in [2.24, 2.45) is 0 Å². The predicted octanol–water partition coefficient (Wildman–Crippen LogP) is 2.40. The van der Waals surface area contributed by atoms with Crippen LogP contribution in [-0.4, -0.2) is 71.0 Å². The number of rotatable bonds is 5. The molecule has 1 aromatic heterocycles. The molecule has 0 bridgehead atoms. The number of likely N-dealkylation sites (tertiary alicyclic amines) is 1. The number of aromatic nitrogens is 3. The first-order valence-electron chi connectivity index (χ1n) is 9.69. The van der Waals surface area contributed by atoms with E-state index in [0.717, 1.165) is 28.7 Å². The Balaban J connectivity index is 1.53. The Bertz CT molecular complexity index is 1010. The lowest BCUT2D eigenvalue weighted by atomic mass is 10.0. The van der Waals surface area contributed by atoms with Crippen LogP contribution >= 0.6 is 15.9 Å². The summed E-state index contributed by atoms with van der Waals surface area (Å²) in [5.74, 6) is 0.192. The summed E-state index contributed by atoms with van der Waals surface area (Å²) in [7, 11) is -1.63. The molecule has 0 unspecified atom stereocenters. The molecular weight excluding hydrogens is 458 g/mol. The zero-order valence-electron chi connectivity index (χ0n) is 16.5. The lowest BCUT2D eigenvalue weighted by molar-refractivity contribution is 0.0679. The molecule has 2 aromatic rings. The van der Waals surface area contributed by atoms with Crippen LogP contribution in [0.2, 0.25) is 0 Å². The maximum atomic E-state index is 13.2. The summed E-state index contributed by atoms with van der Waals surface area (Å²) in [6.07, 6.45) is 4.52. The Morgan fingerprint density at radius 2 is 1.76 bits per heavy atom. The number of benzene rings is 1. The third kappa shape index (κ3) is 4.24. The molecule has 0 N–H and O–H groups in total. The van der Waals surface area contributed by atoms with Crippen molar-refractivity contribution in [3.8, 4) is 5.69 Å². The number of halogens is 1. The van der Waals surface area contributed by atoms with Crippen LogP contribution in [0.15, 0.2) is 28.7 Å². The lowest BCUT2D eigenvalue weighted by Gasteiger charge is -2.35. The second-order valence-electron chi connectivity index (χ2n) is 7.79. The van der Waals surface area contributed by atoms with Crippen molar-refractivity contribution in [2.75, 3.05) is 26.4 Å². The Morgan fingerprint density at radius 1 is 1.14 bits per heavy atom. The standard InChI is InChI=1S/C19H24BrN5O3S/c1-23(29(2,27)28)15-9-11-24(12-10-15)19(26)17-18(13-3-4-13)25(22-21-17)16-7-5-14(20)6-8-16/h5-8,13,15H,3-4,9-12H2,1-2H3. The van der Waals surface area contributed by atoms with Crippen LogP contribution < -0.4 is 0 Å². The van der Waals surface area contributed by atoms with E-state index in [1.807, 2.05) is 24.3 Å². The fourth-order valence-electron chi connectivity index (χ4n) is 3.79. The molecule has 1 amide bonds. The number of piperidine rings is 1. The summed E-state index contributed by atoms with van der Waals surface area (Å²) in [6, 6.07) is 7.71. The normalized spacial score (nSPS) is 18.4. The van der Waals surface area contributed by atoms with Crippen LogP contribution in [0.1, 0.15) is 47.8 Å². The molecule has 0 atom stereocenters. The number of hydrogen-bond donors (Lipinski definition) is 0. The van der Waals surface area contributed by atoms with Crippen molar-refractivity contribution >= 4 is 31.9 Å². The van der Waals surface area contributed by atoms with Gasteiger partial charge in [0.05, 0.1) is 17.6 Å². The van der Waals surface area contributed by atoms with Gasteiger partial charge >= 0.3 is 0 Å². The van der Waals surface area contributed by atoms with Crippen molar-refractivity contribution in [1.29, 1.82) is 0 Å². The summed E-state index contributed by atoms with van der Waals surface area (Å²) in [6.45, 7) is 1.03. The van der Waals surface area contributed by atoms with E-state index >= 15 is 0 Å². The van der Waals surface area contributed by atoms with Crippen LogP contribution in [0, 0.1) is 0 Å². The molecule has 10 heteroatoms. The first kappa shape index (κ1) is 20.5. The number of nitrogens with zero attached hydrogens (tertiary/aromatic N) is 5. The number of hydrogen-bond acceptors (Lipinski definition) is 5. The van der Waals surface area contributed by atoms with Gasteiger partial charge in [0.15, 0.2) is 5.69 Å². The van der Waals surface area contributed by atoms with Crippen LogP contribution in [-0.2, 0) is 10.0 Å². The van der Waals surface area contributed by atoms with Crippen LogP contribution in [0.5, 0.6) is 0 Å². The van der Waals surface area contributed by atoms with E-state index in [1.165, 1.54) is 10.6 Å². The van der Waals surface area contributed by atoms with Gasteiger partial charge in [-0.05, 0) is 49.9 Å². The molecule has 2 heterocycles. The van der Waals surface area contributed by atoms with E-state index in [4.69, 9.17) is 0 Å². The second kappa shape index (κ2) is 7.81. The van der Waals surface area contributed by atoms with Crippen LogP contribution in [0.3, 0.4) is 0 Å². The second-order valence-corrected chi connectivity index (χ2v) is 10.7. The Kier molecular flexibility index (Phi) is 5.52. The molecule has 156 valence electrons. The highest BCUT2D eigenvalue weighted by molar-refractivity contribution is 9.10. The van der Waals surface area contributed by atoms with Crippen LogP contribution in [0.4, 0.5) is 0 Å². The summed E-state index contributed by atoms with van der Waals surface area (Å²) < 4.78 is 27.7. The SMILES string of the molecule is CN(C1CCN(C(=O)c2nnn(-c3ccc(Br)cc3)c2C2CC2)CC1)S(C)(=O)=O. The lowest BCUT2D eigenvalue weighted by Crippen LogP contribution is -2.47. The topological polar surface area (TPSA) is 88.4 Å². The average molecular weight is 482 g/mol. The number of amides is 1. The summed E-state index contributed by atoms with van der Waals surface area (Å²) in [5, 5.41) is 8.53. The predicted molar refractivity (Wildman–Crippen MR) is 113 cm³/mol.